The van der Waals surface area contributed by atoms with E-state index in [9.17, 15) is 5.11 Å². The fourth-order valence-corrected chi connectivity index (χ4v) is 5.03. The van der Waals surface area contributed by atoms with Gasteiger partial charge in [0.1, 0.15) is 10.8 Å². The Kier molecular flexibility index (Phi) is 4.21. The van der Waals surface area contributed by atoms with Gasteiger partial charge in [-0.25, -0.2) is 9.97 Å². The molecule has 27 heavy (non-hydrogen) atoms. The minimum absolute atomic E-state index is 0.252. The first-order valence-corrected chi connectivity index (χ1v) is 10.4. The third-order valence-corrected chi connectivity index (χ3v) is 6.62. The molecule has 0 spiro atoms. The molecule has 140 valence electrons. The van der Waals surface area contributed by atoms with Gasteiger partial charge in [0.25, 0.3) is 0 Å². The van der Waals surface area contributed by atoms with Gasteiger partial charge in [-0.3, -0.25) is 0 Å². The van der Waals surface area contributed by atoms with E-state index in [4.69, 9.17) is 10.7 Å². The van der Waals surface area contributed by atoms with Gasteiger partial charge in [0, 0.05) is 18.6 Å². The Labute approximate surface area is 161 Å². The molecule has 7 heteroatoms. The summed E-state index contributed by atoms with van der Waals surface area (Å²) in [6.07, 6.45) is 5.32. The smallest absolute Gasteiger partial charge is 0.222 e. The summed E-state index contributed by atoms with van der Waals surface area (Å²) in [5, 5.41) is 14.0. The highest BCUT2D eigenvalue weighted by Crippen LogP contribution is 2.47. The van der Waals surface area contributed by atoms with Gasteiger partial charge in [0.15, 0.2) is 0 Å². The highest BCUT2D eigenvalue weighted by atomic mass is 32.1. The fourth-order valence-electron chi connectivity index (χ4n) is 4.01. The maximum atomic E-state index is 9.45. The topological polar surface area (TPSA) is 97.0 Å². The first kappa shape index (κ1) is 16.9. The summed E-state index contributed by atoms with van der Waals surface area (Å²) in [7, 11) is 0. The number of benzene rings is 1. The number of aromatic nitrogens is 3. The summed E-state index contributed by atoms with van der Waals surface area (Å²) in [4.78, 5) is 14.0. The van der Waals surface area contributed by atoms with E-state index in [0.717, 1.165) is 59.7 Å². The lowest BCUT2D eigenvalue weighted by Crippen LogP contribution is -2.19. The number of nitrogen functional groups attached to an aromatic ring is 1. The minimum atomic E-state index is 0.252. The van der Waals surface area contributed by atoms with Crippen LogP contribution in [0.5, 0.6) is 0 Å². The maximum Gasteiger partial charge on any atom is 0.222 e. The Morgan fingerprint density at radius 3 is 2.70 bits per heavy atom. The number of para-hydroxylation sites is 1. The Bertz CT molecular complexity index is 951. The number of hydrogen-bond acceptors (Lipinski definition) is 7. The van der Waals surface area contributed by atoms with Crippen molar-refractivity contribution in [2.45, 2.75) is 44.1 Å². The number of hydrogen-bond donors (Lipinski definition) is 3. The second kappa shape index (κ2) is 6.73. The largest absolute Gasteiger partial charge is 0.396 e. The van der Waals surface area contributed by atoms with Crippen molar-refractivity contribution < 1.29 is 5.11 Å². The highest BCUT2D eigenvalue weighted by Gasteiger charge is 2.33. The van der Waals surface area contributed by atoms with Gasteiger partial charge in [-0.2, -0.15) is 4.98 Å². The van der Waals surface area contributed by atoms with Crippen molar-refractivity contribution in [3.8, 4) is 10.6 Å². The summed E-state index contributed by atoms with van der Waals surface area (Å²) in [5.74, 6) is 1.94. The van der Waals surface area contributed by atoms with Crippen LogP contribution >= 0.6 is 11.3 Å². The molecule has 3 aromatic rings. The zero-order valence-corrected chi connectivity index (χ0v) is 15.9. The Morgan fingerprint density at radius 1 is 1.11 bits per heavy atom. The number of aliphatic hydroxyl groups excluding tert-OH is 1. The maximum absolute atomic E-state index is 9.45. The molecular weight excluding hydrogens is 358 g/mol. The molecule has 4 N–H and O–H groups in total. The molecule has 0 aliphatic heterocycles. The van der Waals surface area contributed by atoms with Crippen molar-refractivity contribution in [1.82, 2.24) is 15.0 Å². The van der Waals surface area contributed by atoms with Crippen LogP contribution in [-0.4, -0.2) is 32.7 Å². The highest BCUT2D eigenvalue weighted by molar-refractivity contribution is 7.21. The third kappa shape index (κ3) is 3.26. The molecule has 2 heterocycles. The monoisotopic (exact) mass is 381 g/mol. The predicted molar refractivity (Wildman–Crippen MR) is 109 cm³/mol. The summed E-state index contributed by atoms with van der Waals surface area (Å²) in [6, 6.07) is 8.50. The van der Waals surface area contributed by atoms with E-state index >= 15 is 0 Å². The number of nitrogens with two attached hydrogens (primary N) is 1. The number of rotatable bonds is 5. The number of nitrogens with one attached hydrogen (secondary N) is 1. The first-order valence-electron chi connectivity index (χ1n) is 9.62. The molecule has 2 atom stereocenters. The van der Waals surface area contributed by atoms with E-state index in [1.165, 1.54) is 4.70 Å². The molecule has 2 fully saturated rings. The number of nitrogens with zero attached hydrogens (tertiary/aromatic N) is 3. The second-order valence-corrected chi connectivity index (χ2v) is 8.69. The number of anilines is 2. The van der Waals surface area contributed by atoms with Crippen LogP contribution in [0.1, 0.15) is 43.7 Å². The van der Waals surface area contributed by atoms with E-state index in [1.54, 1.807) is 11.3 Å². The van der Waals surface area contributed by atoms with Crippen LogP contribution in [0.2, 0.25) is 0 Å². The molecule has 2 saturated carbocycles. The Morgan fingerprint density at radius 2 is 1.96 bits per heavy atom. The molecule has 0 bridgehead atoms. The van der Waals surface area contributed by atoms with Crippen LogP contribution in [0.3, 0.4) is 0 Å². The van der Waals surface area contributed by atoms with Crippen molar-refractivity contribution in [3.63, 3.8) is 0 Å². The summed E-state index contributed by atoms with van der Waals surface area (Å²) in [5.41, 5.74) is 9.10. The predicted octanol–water partition coefficient (Wildman–Crippen LogP) is 3.79. The standard InChI is InChI=1S/C20H23N5OS/c21-20-24-17(12-6-7-12)16(19-23-14-3-1-2-4-15(14)27-19)18(25-20)22-13-8-5-11(9-13)10-26/h1-4,11-13,26H,5-10H2,(H3,21,22,24,25). The zero-order valence-electron chi connectivity index (χ0n) is 15.1. The average Bonchev–Trinajstić information content (AvgIpc) is 3.27. The lowest BCUT2D eigenvalue weighted by Gasteiger charge is -2.18. The van der Waals surface area contributed by atoms with Gasteiger partial charge < -0.3 is 16.2 Å². The van der Waals surface area contributed by atoms with Crippen LogP contribution in [0.15, 0.2) is 24.3 Å². The third-order valence-electron chi connectivity index (χ3n) is 5.57. The molecule has 2 aromatic heterocycles. The SMILES string of the molecule is Nc1nc(NC2CCC(CO)C2)c(-c2nc3ccccc3s2)c(C2CC2)n1. The molecule has 0 amide bonds. The first-order chi connectivity index (χ1) is 13.2. The second-order valence-electron chi connectivity index (χ2n) is 7.65. The Balaban J connectivity index is 1.59. The fraction of sp³-hybridized carbons (Fsp3) is 0.450. The number of fused-ring (bicyclic) bond motifs is 1. The van der Waals surface area contributed by atoms with Crippen LogP contribution < -0.4 is 11.1 Å². The molecule has 5 rings (SSSR count). The van der Waals surface area contributed by atoms with Crippen LogP contribution in [0.25, 0.3) is 20.8 Å². The van der Waals surface area contributed by atoms with Crippen molar-refractivity contribution in [3.05, 3.63) is 30.0 Å². The van der Waals surface area contributed by atoms with Crippen molar-refractivity contribution in [1.29, 1.82) is 0 Å². The molecule has 0 radical (unpaired) electrons. The van der Waals surface area contributed by atoms with E-state index in [0.29, 0.717) is 23.8 Å². The molecule has 2 aliphatic carbocycles. The quantitative estimate of drug-likeness (QED) is 0.622. The minimum Gasteiger partial charge on any atom is -0.396 e. The lowest BCUT2D eigenvalue weighted by molar-refractivity contribution is 0.229. The van der Waals surface area contributed by atoms with Gasteiger partial charge in [-0.05, 0) is 50.2 Å². The molecule has 2 unspecified atom stereocenters. The van der Waals surface area contributed by atoms with Crippen LogP contribution in [0.4, 0.5) is 11.8 Å². The van der Waals surface area contributed by atoms with Crippen molar-refractivity contribution >= 4 is 33.3 Å². The average molecular weight is 382 g/mol. The molecule has 6 nitrogen and oxygen atoms in total. The van der Waals surface area contributed by atoms with Gasteiger partial charge in [0.2, 0.25) is 5.95 Å². The Hall–Kier alpha value is -2.25. The number of aliphatic hydroxyl groups is 1. The van der Waals surface area contributed by atoms with Crippen LogP contribution in [-0.2, 0) is 0 Å². The molecule has 2 aliphatic rings. The summed E-state index contributed by atoms with van der Waals surface area (Å²) >= 11 is 1.68. The normalized spacial score (nSPS) is 22.4. The van der Waals surface area contributed by atoms with E-state index in [-0.39, 0.29) is 6.61 Å². The van der Waals surface area contributed by atoms with Gasteiger partial charge in [0.05, 0.1) is 21.5 Å². The van der Waals surface area contributed by atoms with Crippen molar-refractivity contribution in [2.75, 3.05) is 17.7 Å². The zero-order chi connectivity index (χ0) is 18.4. The number of thiazole rings is 1. The van der Waals surface area contributed by atoms with Gasteiger partial charge in [-0.1, -0.05) is 12.1 Å². The van der Waals surface area contributed by atoms with E-state index < -0.39 is 0 Å². The molecule has 0 saturated heterocycles. The molecular formula is C20H23N5OS. The van der Waals surface area contributed by atoms with Gasteiger partial charge in [-0.15, -0.1) is 11.3 Å². The summed E-state index contributed by atoms with van der Waals surface area (Å²) in [6.45, 7) is 0.252. The lowest BCUT2D eigenvalue weighted by atomic mass is 10.1. The molecule has 1 aromatic carbocycles. The van der Waals surface area contributed by atoms with Crippen molar-refractivity contribution in [2.24, 2.45) is 5.92 Å². The summed E-state index contributed by atoms with van der Waals surface area (Å²) < 4.78 is 1.17. The van der Waals surface area contributed by atoms with E-state index in [1.807, 2.05) is 18.2 Å². The van der Waals surface area contributed by atoms with E-state index in [2.05, 4.69) is 21.4 Å². The van der Waals surface area contributed by atoms with Crippen LogP contribution in [0, 0.1) is 5.92 Å². The van der Waals surface area contributed by atoms with Gasteiger partial charge >= 0.3 is 0 Å².